The Kier molecular flexibility index (Phi) is 4.12. The van der Waals surface area contributed by atoms with Gasteiger partial charge >= 0.3 is 12.0 Å². The minimum atomic E-state index is -1.14. The fourth-order valence-electron chi connectivity index (χ4n) is 1.69. The Hall–Kier alpha value is -1.30. The van der Waals surface area contributed by atoms with Crippen molar-refractivity contribution < 1.29 is 19.8 Å². The molecule has 1 atom stereocenters. The molecule has 0 aromatic rings. The highest BCUT2D eigenvalue weighted by Crippen LogP contribution is 2.30. The highest BCUT2D eigenvalue weighted by Gasteiger charge is 2.33. The molecule has 6 heteroatoms. The summed E-state index contributed by atoms with van der Waals surface area (Å²) in [6.07, 6.45) is 2.92. The predicted molar refractivity (Wildman–Crippen MR) is 57.1 cm³/mol. The number of aliphatic hydroxyl groups excluding tert-OH is 1. The molecule has 0 aromatic heterocycles. The van der Waals surface area contributed by atoms with Crippen LogP contribution in [0.5, 0.6) is 0 Å². The zero-order valence-corrected chi connectivity index (χ0v) is 9.32. The van der Waals surface area contributed by atoms with Crippen LogP contribution in [0.15, 0.2) is 0 Å². The molecule has 6 nitrogen and oxygen atoms in total. The van der Waals surface area contributed by atoms with E-state index in [0.717, 1.165) is 19.3 Å². The second-order valence-corrected chi connectivity index (χ2v) is 4.42. The molecule has 92 valence electrons. The molecule has 0 aliphatic heterocycles. The van der Waals surface area contributed by atoms with Gasteiger partial charge in [-0.05, 0) is 26.2 Å². The zero-order chi connectivity index (χ0) is 12.2. The Morgan fingerprint density at radius 1 is 1.44 bits per heavy atom. The van der Waals surface area contributed by atoms with Crippen LogP contribution in [0.1, 0.15) is 32.6 Å². The van der Waals surface area contributed by atoms with Crippen LogP contribution in [0.25, 0.3) is 0 Å². The van der Waals surface area contributed by atoms with Crippen molar-refractivity contribution in [1.82, 2.24) is 10.6 Å². The van der Waals surface area contributed by atoms with Gasteiger partial charge in [0.2, 0.25) is 0 Å². The van der Waals surface area contributed by atoms with Crippen molar-refractivity contribution in [3.63, 3.8) is 0 Å². The van der Waals surface area contributed by atoms with Crippen LogP contribution in [-0.2, 0) is 4.79 Å². The van der Waals surface area contributed by atoms with Crippen LogP contribution in [0.3, 0.4) is 0 Å². The molecule has 0 spiro atoms. The quantitative estimate of drug-likeness (QED) is 0.537. The van der Waals surface area contributed by atoms with Gasteiger partial charge in [-0.2, -0.15) is 0 Å². The molecule has 1 aliphatic rings. The second kappa shape index (κ2) is 5.16. The number of carbonyl (C=O) groups excluding carboxylic acids is 1. The summed E-state index contributed by atoms with van der Waals surface area (Å²) in [5.74, 6) is -1.14. The van der Waals surface area contributed by atoms with E-state index in [0.29, 0.717) is 0 Å². The Morgan fingerprint density at radius 3 is 2.44 bits per heavy atom. The molecule has 0 radical (unpaired) electrons. The van der Waals surface area contributed by atoms with E-state index in [4.69, 9.17) is 10.2 Å². The lowest BCUT2D eigenvalue weighted by molar-refractivity contribution is -0.139. The number of rotatable bonds is 5. The van der Waals surface area contributed by atoms with Gasteiger partial charge in [-0.25, -0.2) is 9.59 Å². The molecule has 4 N–H and O–H groups in total. The topological polar surface area (TPSA) is 98.7 Å². The molecule has 0 heterocycles. The van der Waals surface area contributed by atoms with Crippen molar-refractivity contribution in [2.75, 3.05) is 6.61 Å². The first-order chi connectivity index (χ1) is 7.47. The van der Waals surface area contributed by atoms with Gasteiger partial charge in [0.05, 0.1) is 0 Å². The summed E-state index contributed by atoms with van der Waals surface area (Å²) in [5, 5.41) is 22.5. The summed E-state index contributed by atoms with van der Waals surface area (Å²) in [5.41, 5.74) is -0.202. The van der Waals surface area contributed by atoms with Crippen LogP contribution < -0.4 is 10.6 Å². The van der Waals surface area contributed by atoms with Crippen LogP contribution in [0.4, 0.5) is 4.79 Å². The van der Waals surface area contributed by atoms with Crippen LogP contribution in [0.2, 0.25) is 0 Å². The summed E-state index contributed by atoms with van der Waals surface area (Å²) in [4.78, 5) is 22.2. The molecule has 2 amide bonds. The van der Waals surface area contributed by atoms with Gasteiger partial charge in [0, 0.05) is 18.6 Å². The Morgan fingerprint density at radius 2 is 2.06 bits per heavy atom. The molecule has 0 aromatic carbocycles. The first-order valence-electron chi connectivity index (χ1n) is 5.39. The van der Waals surface area contributed by atoms with Gasteiger partial charge in [-0.1, -0.05) is 0 Å². The summed E-state index contributed by atoms with van der Waals surface area (Å²) in [6, 6.07) is -1.52. The summed E-state index contributed by atoms with van der Waals surface area (Å²) in [7, 11) is 0. The third kappa shape index (κ3) is 3.37. The zero-order valence-electron chi connectivity index (χ0n) is 9.32. The maximum Gasteiger partial charge on any atom is 0.326 e. The van der Waals surface area contributed by atoms with Crippen molar-refractivity contribution in [2.24, 2.45) is 0 Å². The van der Waals surface area contributed by atoms with E-state index in [-0.39, 0.29) is 18.6 Å². The van der Waals surface area contributed by atoms with E-state index in [9.17, 15) is 9.59 Å². The molecule has 0 bridgehead atoms. The Balaban J connectivity index is 2.39. The van der Waals surface area contributed by atoms with Crippen molar-refractivity contribution >= 4 is 12.0 Å². The lowest BCUT2D eigenvalue weighted by atomic mass is 9.79. The highest BCUT2D eigenvalue weighted by molar-refractivity contribution is 5.82. The maximum absolute atomic E-state index is 11.5. The van der Waals surface area contributed by atoms with E-state index in [1.807, 2.05) is 6.92 Å². The highest BCUT2D eigenvalue weighted by atomic mass is 16.4. The number of hydrogen-bond acceptors (Lipinski definition) is 3. The molecule has 0 unspecified atom stereocenters. The first kappa shape index (κ1) is 12.8. The molecular weight excluding hydrogens is 212 g/mol. The lowest BCUT2D eigenvalue weighted by Gasteiger charge is -2.39. The average Bonchev–Trinajstić information content (AvgIpc) is 2.14. The number of carboxylic acids is 1. The summed E-state index contributed by atoms with van der Waals surface area (Å²) >= 11 is 0. The van der Waals surface area contributed by atoms with Crippen LogP contribution >= 0.6 is 0 Å². The van der Waals surface area contributed by atoms with Crippen LogP contribution in [0, 0.1) is 0 Å². The molecule has 16 heavy (non-hydrogen) atoms. The van der Waals surface area contributed by atoms with Crippen molar-refractivity contribution in [3.05, 3.63) is 0 Å². The van der Waals surface area contributed by atoms with Gasteiger partial charge in [-0.3, -0.25) is 0 Å². The van der Waals surface area contributed by atoms with Gasteiger partial charge < -0.3 is 20.8 Å². The molecular formula is C10H18N2O4. The number of nitrogens with one attached hydrogen (secondary N) is 2. The lowest BCUT2D eigenvalue weighted by Crippen LogP contribution is -2.56. The normalized spacial score (nSPS) is 19.4. The third-order valence-electron chi connectivity index (χ3n) is 2.89. The van der Waals surface area contributed by atoms with E-state index in [1.54, 1.807) is 0 Å². The smallest absolute Gasteiger partial charge is 0.326 e. The number of carbonyl (C=O) groups is 2. The minimum Gasteiger partial charge on any atom is -0.480 e. The molecule has 1 saturated carbocycles. The molecule has 1 fully saturated rings. The van der Waals surface area contributed by atoms with Gasteiger partial charge in [0.25, 0.3) is 0 Å². The Bertz CT molecular complexity index is 276. The number of urea groups is 1. The van der Waals surface area contributed by atoms with Crippen molar-refractivity contribution in [2.45, 2.75) is 44.2 Å². The Labute approximate surface area is 94.0 Å². The SMILES string of the molecule is CC1(NC(=O)N[C@H](CCO)C(=O)O)CCC1. The van der Waals surface area contributed by atoms with Crippen LogP contribution in [-0.4, -0.2) is 40.4 Å². The fraction of sp³-hybridized carbons (Fsp3) is 0.800. The van der Waals surface area contributed by atoms with Gasteiger partial charge in [0.1, 0.15) is 6.04 Å². The fourth-order valence-corrected chi connectivity index (χ4v) is 1.69. The first-order valence-corrected chi connectivity index (χ1v) is 5.39. The predicted octanol–water partition coefficient (Wildman–Crippen LogP) is 0.0638. The van der Waals surface area contributed by atoms with E-state index >= 15 is 0 Å². The summed E-state index contributed by atoms with van der Waals surface area (Å²) < 4.78 is 0. The number of amides is 2. The number of carboxylic acid groups (broad SMARTS) is 1. The number of aliphatic hydroxyl groups is 1. The maximum atomic E-state index is 11.5. The van der Waals surface area contributed by atoms with E-state index in [2.05, 4.69) is 10.6 Å². The average molecular weight is 230 g/mol. The number of aliphatic carboxylic acids is 1. The molecule has 1 aliphatic carbocycles. The standard InChI is InChI=1S/C10H18N2O4/c1-10(4-2-5-10)12-9(16)11-7(3-6-13)8(14)15/h7,13H,2-6H2,1H3,(H,14,15)(H2,11,12,16)/t7-/m1/s1. The minimum absolute atomic E-state index is 0.0134. The molecule has 0 saturated heterocycles. The van der Waals surface area contributed by atoms with E-state index < -0.39 is 18.0 Å². The van der Waals surface area contributed by atoms with Gasteiger partial charge in [0.15, 0.2) is 0 Å². The molecule has 1 rings (SSSR count). The van der Waals surface area contributed by atoms with Crippen molar-refractivity contribution in [1.29, 1.82) is 0 Å². The summed E-state index contributed by atoms with van der Waals surface area (Å²) in [6.45, 7) is 1.66. The monoisotopic (exact) mass is 230 g/mol. The third-order valence-corrected chi connectivity index (χ3v) is 2.89. The largest absolute Gasteiger partial charge is 0.480 e. The van der Waals surface area contributed by atoms with Gasteiger partial charge in [-0.15, -0.1) is 0 Å². The van der Waals surface area contributed by atoms with E-state index in [1.165, 1.54) is 0 Å². The van der Waals surface area contributed by atoms with Crippen molar-refractivity contribution in [3.8, 4) is 0 Å². The second-order valence-electron chi connectivity index (χ2n) is 4.42. The number of hydrogen-bond donors (Lipinski definition) is 4.